The van der Waals surface area contributed by atoms with Gasteiger partial charge in [-0.15, -0.1) is 0 Å². The van der Waals surface area contributed by atoms with Crippen LogP contribution >= 0.6 is 11.6 Å². The SMILES string of the molecule is CCNc1nc(Cl)nc(N2CCCOc3ccccc32)n1. The molecule has 1 aliphatic heterocycles. The van der Waals surface area contributed by atoms with Crippen molar-refractivity contribution >= 4 is 29.2 Å². The molecule has 0 radical (unpaired) electrons. The average Bonchev–Trinajstić information content (AvgIpc) is 2.69. The number of rotatable bonds is 3. The van der Waals surface area contributed by atoms with E-state index in [-0.39, 0.29) is 5.28 Å². The van der Waals surface area contributed by atoms with Gasteiger partial charge in [0.2, 0.25) is 17.2 Å². The summed E-state index contributed by atoms with van der Waals surface area (Å²) in [6.07, 6.45) is 0.883. The molecule has 7 heteroatoms. The molecule has 0 fully saturated rings. The minimum atomic E-state index is 0.179. The van der Waals surface area contributed by atoms with Gasteiger partial charge in [-0.2, -0.15) is 15.0 Å². The highest BCUT2D eigenvalue weighted by molar-refractivity contribution is 6.28. The second-order valence-corrected chi connectivity index (χ2v) is 4.92. The molecule has 1 aromatic heterocycles. The van der Waals surface area contributed by atoms with Crippen molar-refractivity contribution in [2.45, 2.75) is 13.3 Å². The number of benzene rings is 1. The van der Waals surface area contributed by atoms with Gasteiger partial charge in [0.05, 0.1) is 12.3 Å². The highest BCUT2D eigenvalue weighted by atomic mass is 35.5. The van der Waals surface area contributed by atoms with Crippen molar-refractivity contribution in [3.05, 3.63) is 29.5 Å². The van der Waals surface area contributed by atoms with E-state index in [1.54, 1.807) is 0 Å². The molecule has 0 amide bonds. The van der Waals surface area contributed by atoms with Gasteiger partial charge in [0.15, 0.2) is 0 Å². The molecule has 0 aliphatic carbocycles. The highest BCUT2D eigenvalue weighted by Gasteiger charge is 2.20. The molecule has 3 rings (SSSR count). The van der Waals surface area contributed by atoms with E-state index in [2.05, 4.69) is 20.3 Å². The first-order valence-electron chi connectivity index (χ1n) is 6.92. The summed E-state index contributed by atoms with van der Waals surface area (Å²) >= 11 is 6.01. The predicted molar refractivity (Wildman–Crippen MR) is 82.6 cm³/mol. The summed E-state index contributed by atoms with van der Waals surface area (Å²) in [6, 6.07) is 7.86. The van der Waals surface area contributed by atoms with Gasteiger partial charge >= 0.3 is 0 Å². The normalized spacial score (nSPS) is 14.1. The standard InChI is InChI=1S/C14H16ClN5O/c1-2-16-13-17-12(15)18-14(19-13)20-8-5-9-21-11-7-4-3-6-10(11)20/h3-4,6-7H,2,5,8-9H2,1H3,(H,16,17,18,19). The number of halogens is 1. The summed E-state index contributed by atoms with van der Waals surface area (Å²) in [5.74, 6) is 1.84. The lowest BCUT2D eigenvalue weighted by Gasteiger charge is -2.21. The van der Waals surface area contributed by atoms with Crippen molar-refractivity contribution in [1.29, 1.82) is 0 Å². The monoisotopic (exact) mass is 305 g/mol. The number of fused-ring (bicyclic) bond motifs is 1. The number of anilines is 3. The Bertz CT molecular complexity index is 637. The van der Waals surface area contributed by atoms with Crippen LogP contribution in [-0.2, 0) is 0 Å². The Morgan fingerprint density at radius 3 is 3.00 bits per heavy atom. The zero-order valence-electron chi connectivity index (χ0n) is 11.7. The van der Waals surface area contributed by atoms with Crippen LogP contribution < -0.4 is 15.0 Å². The lowest BCUT2D eigenvalue weighted by Crippen LogP contribution is -2.21. The number of ether oxygens (including phenoxy) is 1. The molecular formula is C14H16ClN5O. The minimum absolute atomic E-state index is 0.179. The van der Waals surface area contributed by atoms with Gasteiger partial charge in [-0.25, -0.2) is 0 Å². The maximum absolute atomic E-state index is 6.01. The zero-order valence-corrected chi connectivity index (χ0v) is 12.5. The second kappa shape index (κ2) is 6.13. The molecule has 0 saturated carbocycles. The Morgan fingerprint density at radius 2 is 2.14 bits per heavy atom. The van der Waals surface area contributed by atoms with Crippen molar-refractivity contribution in [3.8, 4) is 5.75 Å². The van der Waals surface area contributed by atoms with Crippen LogP contribution in [0.1, 0.15) is 13.3 Å². The third kappa shape index (κ3) is 3.00. The van der Waals surface area contributed by atoms with E-state index in [0.717, 1.165) is 30.9 Å². The number of hydrogen-bond donors (Lipinski definition) is 1. The lowest BCUT2D eigenvalue weighted by molar-refractivity contribution is 0.322. The molecule has 1 aliphatic rings. The Balaban J connectivity index is 2.03. The van der Waals surface area contributed by atoms with E-state index < -0.39 is 0 Å². The fourth-order valence-electron chi connectivity index (χ4n) is 2.23. The smallest absolute Gasteiger partial charge is 0.236 e. The molecule has 21 heavy (non-hydrogen) atoms. The zero-order chi connectivity index (χ0) is 14.7. The topological polar surface area (TPSA) is 63.2 Å². The minimum Gasteiger partial charge on any atom is -0.491 e. The second-order valence-electron chi connectivity index (χ2n) is 4.58. The maximum atomic E-state index is 6.01. The number of aromatic nitrogens is 3. The van der Waals surface area contributed by atoms with Crippen LogP contribution in [0.2, 0.25) is 5.28 Å². The Morgan fingerprint density at radius 1 is 1.29 bits per heavy atom. The summed E-state index contributed by atoms with van der Waals surface area (Å²) in [5, 5.41) is 3.24. The molecule has 0 atom stereocenters. The summed E-state index contributed by atoms with van der Waals surface area (Å²) < 4.78 is 5.75. The predicted octanol–water partition coefficient (Wildman–Crippen LogP) is 2.88. The lowest BCUT2D eigenvalue weighted by atomic mass is 10.2. The van der Waals surface area contributed by atoms with Gasteiger partial charge in [-0.05, 0) is 37.1 Å². The number of nitrogens with one attached hydrogen (secondary N) is 1. The van der Waals surface area contributed by atoms with Crippen molar-refractivity contribution < 1.29 is 4.74 Å². The summed E-state index contributed by atoms with van der Waals surface area (Å²) in [6.45, 7) is 4.14. The molecular weight excluding hydrogens is 290 g/mol. The van der Waals surface area contributed by atoms with Crippen LogP contribution in [-0.4, -0.2) is 34.6 Å². The number of para-hydroxylation sites is 2. The average molecular weight is 306 g/mol. The number of hydrogen-bond acceptors (Lipinski definition) is 6. The van der Waals surface area contributed by atoms with E-state index in [1.807, 2.05) is 36.1 Å². The van der Waals surface area contributed by atoms with Crippen LogP contribution in [0.15, 0.2) is 24.3 Å². The molecule has 0 saturated heterocycles. The molecule has 1 aromatic carbocycles. The van der Waals surface area contributed by atoms with E-state index in [1.165, 1.54) is 0 Å². The number of nitrogens with zero attached hydrogens (tertiary/aromatic N) is 4. The third-order valence-corrected chi connectivity index (χ3v) is 3.28. The van der Waals surface area contributed by atoms with E-state index >= 15 is 0 Å². The molecule has 0 bridgehead atoms. The summed E-state index contributed by atoms with van der Waals surface area (Å²) in [7, 11) is 0. The molecule has 2 aromatic rings. The van der Waals surface area contributed by atoms with Gasteiger partial charge < -0.3 is 15.0 Å². The molecule has 2 heterocycles. The first-order valence-corrected chi connectivity index (χ1v) is 7.30. The fraction of sp³-hybridized carbons (Fsp3) is 0.357. The fourth-order valence-corrected chi connectivity index (χ4v) is 2.39. The van der Waals surface area contributed by atoms with Crippen LogP contribution in [0.25, 0.3) is 0 Å². The van der Waals surface area contributed by atoms with Crippen LogP contribution in [0.3, 0.4) is 0 Å². The molecule has 0 unspecified atom stereocenters. The molecule has 1 N–H and O–H groups in total. The molecule has 6 nitrogen and oxygen atoms in total. The Labute approximate surface area is 128 Å². The first kappa shape index (κ1) is 13.9. The Hall–Kier alpha value is -2.08. The van der Waals surface area contributed by atoms with Gasteiger partial charge in [0.1, 0.15) is 5.75 Å². The van der Waals surface area contributed by atoms with Crippen molar-refractivity contribution in [3.63, 3.8) is 0 Å². The summed E-state index contributed by atoms with van der Waals surface area (Å²) in [4.78, 5) is 14.8. The van der Waals surface area contributed by atoms with Gasteiger partial charge in [0, 0.05) is 13.1 Å². The molecule has 110 valence electrons. The van der Waals surface area contributed by atoms with Gasteiger partial charge in [-0.1, -0.05) is 12.1 Å². The van der Waals surface area contributed by atoms with Crippen LogP contribution in [0, 0.1) is 0 Å². The van der Waals surface area contributed by atoms with Crippen molar-refractivity contribution in [2.24, 2.45) is 0 Å². The van der Waals surface area contributed by atoms with Crippen molar-refractivity contribution in [2.75, 3.05) is 29.9 Å². The first-order chi connectivity index (χ1) is 10.3. The van der Waals surface area contributed by atoms with E-state index in [0.29, 0.717) is 18.5 Å². The van der Waals surface area contributed by atoms with Crippen LogP contribution in [0.4, 0.5) is 17.6 Å². The summed E-state index contributed by atoms with van der Waals surface area (Å²) in [5.41, 5.74) is 0.944. The Kier molecular flexibility index (Phi) is 4.06. The van der Waals surface area contributed by atoms with E-state index in [9.17, 15) is 0 Å². The molecule has 0 spiro atoms. The van der Waals surface area contributed by atoms with Gasteiger partial charge in [0.25, 0.3) is 0 Å². The third-order valence-electron chi connectivity index (χ3n) is 3.11. The van der Waals surface area contributed by atoms with Crippen molar-refractivity contribution in [1.82, 2.24) is 15.0 Å². The quantitative estimate of drug-likeness (QED) is 0.941. The van der Waals surface area contributed by atoms with Gasteiger partial charge in [-0.3, -0.25) is 0 Å². The van der Waals surface area contributed by atoms with E-state index in [4.69, 9.17) is 16.3 Å². The highest BCUT2D eigenvalue weighted by Crippen LogP contribution is 2.34. The largest absolute Gasteiger partial charge is 0.491 e. The van der Waals surface area contributed by atoms with Crippen LogP contribution in [0.5, 0.6) is 5.75 Å². The maximum Gasteiger partial charge on any atom is 0.236 e.